The van der Waals surface area contributed by atoms with E-state index in [2.05, 4.69) is 51.2 Å². The van der Waals surface area contributed by atoms with Crippen molar-refractivity contribution in [1.82, 2.24) is 24.9 Å². The molecule has 0 aliphatic rings. The van der Waals surface area contributed by atoms with Gasteiger partial charge in [-0.05, 0) is 48.2 Å². The number of anilines is 1. The van der Waals surface area contributed by atoms with Crippen molar-refractivity contribution in [3.8, 4) is 11.1 Å². The molecule has 6 nitrogen and oxygen atoms in total. The fraction of sp³-hybridized carbons (Fsp3) is 0.167. The predicted octanol–water partition coefficient (Wildman–Crippen LogP) is 5.44. The minimum Gasteiger partial charge on any atom is -0.362 e. The van der Waals surface area contributed by atoms with Gasteiger partial charge in [-0.1, -0.05) is 31.2 Å². The van der Waals surface area contributed by atoms with Crippen LogP contribution in [0, 0.1) is 5.82 Å². The van der Waals surface area contributed by atoms with Crippen LogP contribution in [-0.4, -0.2) is 24.9 Å². The van der Waals surface area contributed by atoms with Crippen LogP contribution in [0.1, 0.15) is 31.0 Å². The number of imidazole rings is 1. The number of aromatic amines is 1. The number of pyridine rings is 1. The number of hydrogen-bond donors (Lipinski definition) is 2. The van der Waals surface area contributed by atoms with Crippen LogP contribution >= 0.6 is 0 Å². The van der Waals surface area contributed by atoms with E-state index in [1.165, 1.54) is 18.0 Å². The van der Waals surface area contributed by atoms with E-state index in [1.54, 1.807) is 24.7 Å². The summed E-state index contributed by atoms with van der Waals surface area (Å²) >= 11 is 0. The second-order valence-corrected chi connectivity index (χ2v) is 7.45. The first-order valence-corrected chi connectivity index (χ1v) is 10.2. The number of fused-ring (bicyclic) bond motifs is 2. The number of nitrogens with zero attached hydrogens (tertiary/aromatic N) is 4. The molecule has 3 aromatic heterocycles. The summed E-state index contributed by atoms with van der Waals surface area (Å²) in [6, 6.07) is 12.7. The van der Waals surface area contributed by atoms with Gasteiger partial charge in [0.05, 0.1) is 17.9 Å². The SMILES string of the molecule is CCc1cc(C(C)Nc2ncnc3[nH]cnc23)c(-c2cccc(F)c2)c2ncccc12. The van der Waals surface area contributed by atoms with E-state index in [1.807, 2.05) is 12.1 Å². The van der Waals surface area contributed by atoms with E-state index < -0.39 is 0 Å². The van der Waals surface area contributed by atoms with Gasteiger partial charge in [0, 0.05) is 17.1 Å². The molecule has 0 saturated heterocycles. The highest BCUT2D eigenvalue weighted by Crippen LogP contribution is 2.38. The molecule has 0 amide bonds. The predicted molar refractivity (Wildman–Crippen MR) is 120 cm³/mol. The number of nitrogens with one attached hydrogen (secondary N) is 2. The lowest BCUT2D eigenvalue weighted by atomic mass is 9.89. The largest absolute Gasteiger partial charge is 0.362 e. The van der Waals surface area contributed by atoms with Gasteiger partial charge in [-0.2, -0.15) is 0 Å². The third-order valence-corrected chi connectivity index (χ3v) is 5.54. The van der Waals surface area contributed by atoms with Gasteiger partial charge in [-0.3, -0.25) is 4.98 Å². The van der Waals surface area contributed by atoms with Crippen molar-refractivity contribution in [2.75, 3.05) is 5.32 Å². The smallest absolute Gasteiger partial charge is 0.162 e. The normalized spacial score (nSPS) is 12.4. The maximum absolute atomic E-state index is 14.2. The van der Waals surface area contributed by atoms with Crippen LogP contribution in [0.5, 0.6) is 0 Å². The van der Waals surface area contributed by atoms with Gasteiger partial charge >= 0.3 is 0 Å². The van der Waals surface area contributed by atoms with Crippen molar-refractivity contribution in [1.29, 1.82) is 0 Å². The summed E-state index contributed by atoms with van der Waals surface area (Å²) in [5, 5.41) is 4.55. The summed E-state index contributed by atoms with van der Waals surface area (Å²) in [4.78, 5) is 20.6. The van der Waals surface area contributed by atoms with Crippen LogP contribution in [-0.2, 0) is 6.42 Å². The summed E-state index contributed by atoms with van der Waals surface area (Å²) in [6.07, 6.45) is 5.75. The molecule has 0 saturated carbocycles. The molecule has 0 spiro atoms. The number of hydrogen-bond acceptors (Lipinski definition) is 5. The Morgan fingerprint density at radius 3 is 2.77 bits per heavy atom. The minimum atomic E-state index is -0.276. The van der Waals surface area contributed by atoms with E-state index in [-0.39, 0.29) is 11.9 Å². The molecule has 1 atom stereocenters. The zero-order valence-electron chi connectivity index (χ0n) is 17.2. The van der Waals surface area contributed by atoms with Crippen LogP contribution < -0.4 is 5.32 Å². The Hall–Kier alpha value is -3.87. The van der Waals surface area contributed by atoms with Crippen molar-refractivity contribution in [3.63, 3.8) is 0 Å². The fourth-order valence-corrected chi connectivity index (χ4v) is 4.07. The van der Waals surface area contributed by atoms with E-state index >= 15 is 0 Å². The lowest BCUT2D eigenvalue weighted by Gasteiger charge is -2.22. The maximum atomic E-state index is 14.2. The molecule has 7 heteroatoms. The maximum Gasteiger partial charge on any atom is 0.162 e. The monoisotopic (exact) mass is 412 g/mol. The number of H-pyrrole nitrogens is 1. The molecule has 0 bridgehead atoms. The molecule has 0 aliphatic heterocycles. The van der Waals surface area contributed by atoms with E-state index in [0.717, 1.165) is 34.0 Å². The molecule has 154 valence electrons. The van der Waals surface area contributed by atoms with Gasteiger partial charge in [-0.25, -0.2) is 19.3 Å². The minimum absolute atomic E-state index is 0.134. The quantitative estimate of drug-likeness (QED) is 0.402. The first-order valence-electron chi connectivity index (χ1n) is 10.2. The second kappa shape index (κ2) is 7.75. The zero-order chi connectivity index (χ0) is 21.4. The average molecular weight is 412 g/mol. The number of rotatable bonds is 5. The molecule has 1 unspecified atom stereocenters. The summed E-state index contributed by atoms with van der Waals surface area (Å²) in [6.45, 7) is 4.19. The van der Waals surface area contributed by atoms with Crippen LogP contribution in [0.25, 0.3) is 33.2 Å². The molecule has 0 aliphatic carbocycles. The van der Waals surface area contributed by atoms with Gasteiger partial charge in [0.1, 0.15) is 17.7 Å². The van der Waals surface area contributed by atoms with E-state index in [9.17, 15) is 4.39 Å². The Labute approximate surface area is 178 Å². The molecule has 3 heterocycles. The third-order valence-electron chi connectivity index (χ3n) is 5.54. The van der Waals surface area contributed by atoms with Crippen molar-refractivity contribution in [3.05, 3.63) is 78.3 Å². The first kappa shape index (κ1) is 19.1. The molecule has 5 rings (SSSR count). The fourth-order valence-electron chi connectivity index (χ4n) is 4.07. The van der Waals surface area contributed by atoms with Gasteiger partial charge in [0.15, 0.2) is 11.5 Å². The topological polar surface area (TPSA) is 79.4 Å². The van der Waals surface area contributed by atoms with Gasteiger partial charge in [-0.15, -0.1) is 0 Å². The number of halogens is 1. The molecule has 2 N–H and O–H groups in total. The highest BCUT2D eigenvalue weighted by Gasteiger charge is 2.20. The lowest BCUT2D eigenvalue weighted by Crippen LogP contribution is -2.11. The number of benzene rings is 2. The first-order chi connectivity index (χ1) is 15.2. The molecule has 2 aromatic carbocycles. The standard InChI is InChI=1S/C24H21FN6/c1-3-15-11-19(14(2)31-24-22-23(28-12-27-22)29-13-30-24)20(16-6-4-7-17(25)10-16)21-18(15)8-5-9-26-21/h4-14H,3H2,1-2H3,(H2,27,28,29,30,31). The average Bonchev–Trinajstić information content (AvgIpc) is 3.28. The van der Waals surface area contributed by atoms with Crippen LogP contribution in [0.3, 0.4) is 0 Å². The summed E-state index contributed by atoms with van der Waals surface area (Å²) < 4.78 is 14.2. The molecular weight excluding hydrogens is 391 g/mol. The van der Waals surface area contributed by atoms with Crippen LogP contribution in [0.15, 0.2) is 61.3 Å². The van der Waals surface area contributed by atoms with Crippen molar-refractivity contribution < 1.29 is 4.39 Å². The van der Waals surface area contributed by atoms with Crippen molar-refractivity contribution in [2.45, 2.75) is 26.3 Å². The molecule has 5 aromatic rings. The van der Waals surface area contributed by atoms with E-state index in [4.69, 9.17) is 4.98 Å². The second-order valence-electron chi connectivity index (χ2n) is 7.45. The third kappa shape index (κ3) is 3.38. The number of aromatic nitrogens is 5. The Kier molecular flexibility index (Phi) is 4.78. The van der Waals surface area contributed by atoms with Gasteiger partial charge in [0.25, 0.3) is 0 Å². The highest BCUT2D eigenvalue weighted by atomic mass is 19.1. The Bertz CT molecular complexity index is 1390. The van der Waals surface area contributed by atoms with Crippen LogP contribution in [0.4, 0.5) is 10.2 Å². The zero-order valence-corrected chi connectivity index (χ0v) is 17.2. The molecular formula is C24H21FN6. The van der Waals surface area contributed by atoms with E-state index in [0.29, 0.717) is 17.0 Å². The van der Waals surface area contributed by atoms with Crippen LogP contribution in [0.2, 0.25) is 0 Å². The van der Waals surface area contributed by atoms with Gasteiger partial charge in [0.2, 0.25) is 0 Å². The summed E-state index contributed by atoms with van der Waals surface area (Å²) in [7, 11) is 0. The van der Waals surface area contributed by atoms with Gasteiger partial charge < -0.3 is 10.3 Å². The Balaban J connectivity index is 1.71. The Morgan fingerprint density at radius 2 is 1.94 bits per heavy atom. The molecule has 31 heavy (non-hydrogen) atoms. The van der Waals surface area contributed by atoms with Crippen molar-refractivity contribution >= 4 is 27.9 Å². The highest BCUT2D eigenvalue weighted by molar-refractivity contribution is 5.98. The van der Waals surface area contributed by atoms with Crippen molar-refractivity contribution in [2.24, 2.45) is 0 Å². The molecule has 0 radical (unpaired) electrons. The molecule has 0 fully saturated rings. The lowest BCUT2D eigenvalue weighted by molar-refractivity contribution is 0.628. The summed E-state index contributed by atoms with van der Waals surface area (Å²) in [5.41, 5.74) is 6.14. The summed E-state index contributed by atoms with van der Waals surface area (Å²) in [5.74, 6) is 0.366. The number of aryl methyl sites for hydroxylation is 1. The Morgan fingerprint density at radius 1 is 1.03 bits per heavy atom.